The van der Waals surface area contributed by atoms with E-state index in [4.69, 9.17) is 5.26 Å². The molecule has 0 N–H and O–H groups in total. The van der Waals surface area contributed by atoms with Crippen LogP contribution in [0.2, 0.25) is 0 Å². The van der Waals surface area contributed by atoms with Crippen LogP contribution in [0.25, 0.3) is 0 Å². The topological polar surface area (TPSA) is 30.3 Å². The fourth-order valence-corrected chi connectivity index (χ4v) is 3.79. The lowest BCUT2D eigenvalue weighted by Crippen LogP contribution is -2.55. The van der Waals surface area contributed by atoms with Gasteiger partial charge in [0.2, 0.25) is 0 Å². The van der Waals surface area contributed by atoms with Crippen LogP contribution in [0.5, 0.6) is 0 Å². The molecule has 0 bridgehead atoms. The smallest absolute Gasteiger partial charge is 0.366 e. The van der Waals surface area contributed by atoms with E-state index < -0.39 is 11.7 Å². The maximum Gasteiger partial charge on any atom is 0.417 e. The standard InChI is InChI=1S/C22H24F3N3/c1-16(2)21-15-27(14-17-6-4-3-5-7-17)10-11-28(21)19-9-8-18(13-26)20(12-19)22(23,24)25/h3-9,12,16,21H,10-11,14-15H2,1-2H3. The third-order valence-electron chi connectivity index (χ3n) is 5.28. The molecular weight excluding hydrogens is 363 g/mol. The summed E-state index contributed by atoms with van der Waals surface area (Å²) in [6.07, 6.45) is -4.54. The molecular formula is C22H24F3N3. The third kappa shape index (κ3) is 4.48. The zero-order chi connectivity index (χ0) is 20.3. The Labute approximate surface area is 164 Å². The van der Waals surface area contributed by atoms with Gasteiger partial charge in [0.05, 0.1) is 17.2 Å². The van der Waals surface area contributed by atoms with Crippen LogP contribution in [0.4, 0.5) is 18.9 Å². The zero-order valence-corrected chi connectivity index (χ0v) is 16.1. The summed E-state index contributed by atoms with van der Waals surface area (Å²) in [5.41, 5.74) is 0.572. The molecule has 2 aromatic rings. The molecule has 2 aromatic carbocycles. The Balaban J connectivity index is 1.83. The minimum atomic E-state index is -4.54. The molecule has 1 aliphatic rings. The van der Waals surface area contributed by atoms with E-state index in [1.54, 1.807) is 12.1 Å². The highest BCUT2D eigenvalue weighted by Crippen LogP contribution is 2.36. The fourth-order valence-electron chi connectivity index (χ4n) is 3.79. The molecule has 3 rings (SSSR count). The first-order valence-corrected chi connectivity index (χ1v) is 9.44. The van der Waals surface area contributed by atoms with Crippen molar-refractivity contribution >= 4 is 5.69 Å². The number of piperazine rings is 1. The molecule has 3 nitrogen and oxygen atoms in total. The van der Waals surface area contributed by atoms with E-state index in [-0.39, 0.29) is 17.5 Å². The van der Waals surface area contributed by atoms with Gasteiger partial charge in [-0.25, -0.2) is 0 Å². The molecule has 6 heteroatoms. The van der Waals surface area contributed by atoms with E-state index in [0.29, 0.717) is 12.2 Å². The number of benzene rings is 2. The highest BCUT2D eigenvalue weighted by Gasteiger charge is 2.36. The highest BCUT2D eigenvalue weighted by molar-refractivity contribution is 5.56. The summed E-state index contributed by atoms with van der Waals surface area (Å²) in [7, 11) is 0. The summed E-state index contributed by atoms with van der Waals surface area (Å²) in [4.78, 5) is 4.41. The summed E-state index contributed by atoms with van der Waals surface area (Å²) in [6.45, 7) is 7.24. The van der Waals surface area contributed by atoms with Crippen molar-refractivity contribution in [1.29, 1.82) is 5.26 Å². The van der Waals surface area contributed by atoms with Crippen molar-refractivity contribution in [3.8, 4) is 6.07 Å². The van der Waals surface area contributed by atoms with Gasteiger partial charge in [0.1, 0.15) is 0 Å². The van der Waals surface area contributed by atoms with Gasteiger partial charge in [0.15, 0.2) is 0 Å². The van der Waals surface area contributed by atoms with Crippen molar-refractivity contribution in [2.24, 2.45) is 5.92 Å². The summed E-state index contributed by atoms with van der Waals surface area (Å²) >= 11 is 0. The Kier molecular flexibility index (Phi) is 5.95. The van der Waals surface area contributed by atoms with Crippen LogP contribution >= 0.6 is 0 Å². The lowest BCUT2D eigenvalue weighted by Gasteiger charge is -2.45. The molecule has 0 radical (unpaired) electrons. The van der Waals surface area contributed by atoms with Crippen LogP contribution in [0.15, 0.2) is 48.5 Å². The molecule has 28 heavy (non-hydrogen) atoms. The Morgan fingerprint density at radius 3 is 2.43 bits per heavy atom. The van der Waals surface area contributed by atoms with Gasteiger partial charge in [-0.15, -0.1) is 0 Å². The lowest BCUT2D eigenvalue weighted by atomic mass is 9.97. The normalized spacial score (nSPS) is 18.3. The molecule has 148 valence electrons. The van der Waals surface area contributed by atoms with Crippen LogP contribution in [-0.4, -0.2) is 30.6 Å². The lowest BCUT2D eigenvalue weighted by molar-refractivity contribution is -0.137. The molecule has 1 atom stereocenters. The summed E-state index contributed by atoms with van der Waals surface area (Å²) < 4.78 is 40.1. The molecule has 0 aliphatic carbocycles. The first kappa shape index (κ1) is 20.2. The zero-order valence-electron chi connectivity index (χ0n) is 16.1. The largest absolute Gasteiger partial charge is 0.417 e. The summed E-state index contributed by atoms with van der Waals surface area (Å²) in [5, 5.41) is 9.03. The molecule has 1 unspecified atom stereocenters. The highest BCUT2D eigenvalue weighted by atomic mass is 19.4. The number of halogens is 3. The number of nitrogens with zero attached hydrogens (tertiary/aromatic N) is 3. The summed E-state index contributed by atoms with van der Waals surface area (Å²) in [6, 6.07) is 16.0. The van der Waals surface area contributed by atoms with Crippen molar-refractivity contribution in [3.63, 3.8) is 0 Å². The Hall–Kier alpha value is -2.52. The second kappa shape index (κ2) is 8.24. The van der Waals surface area contributed by atoms with Crippen LogP contribution in [-0.2, 0) is 12.7 Å². The van der Waals surface area contributed by atoms with Crippen molar-refractivity contribution < 1.29 is 13.2 Å². The van der Waals surface area contributed by atoms with E-state index in [1.165, 1.54) is 11.6 Å². The number of hydrogen-bond acceptors (Lipinski definition) is 3. The van der Waals surface area contributed by atoms with Gasteiger partial charge >= 0.3 is 6.18 Å². The quantitative estimate of drug-likeness (QED) is 0.746. The first-order chi connectivity index (χ1) is 13.3. The van der Waals surface area contributed by atoms with Crippen LogP contribution in [0.3, 0.4) is 0 Å². The van der Waals surface area contributed by atoms with Gasteiger partial charge in [-0.05, 0) is 29.7 Å². The van der Waals surface area contributed by atoms with Gasteiger partial charge < -0.3 is 4.90 Å². The third-order valence-corrected chi connectivity index (χ3v) is 5.28. The maximum atomic E-state index is 13.4. The molecule has 1 aliphatic heterocycles. The van der Waals surface area contributed by atoms with Crippen molar-refractivity contribution in [2.75, 3.05) is 24.5 Å². The monoisotopic (exact) mass is 387 g/mol. The van der Waals surface area contributed by atoms with E-state index in [9.17, 15) is 13.2 Å². The van der Waals surface area contributed by atoms with Crippen molar-refractivity contribution in [2.45, 2.75) is 32.6 Å². The number of anilines is 1. The van der Waals surface area contributed by atoms with Gasteiger partial charge in [-0.2, -0.15) is 18.4 Å². The molecule has 0 spiro atoms. The molecule has 1 saturated heterocycles. The molecule has 0 saturated carbocycles. The average molecular weight is 387 g/mol. The van der Waals surface area contributed by atoms with E-state index in [2.05, 4.69) is 35.8 Å². The SMILES string of the molecule is CC(C)C1CN(Cc2ccccc2)CCN1c1ccc(C#N)c(C(F)(F)F)c1. The predicted molar refractivity (Wildman–Crippen MR) is 104 cm³/mol. The van der Waals surface area contributed by atoms with Gasteiger partial charge in [-0.1, -0.05) is 44.2 Å². The van der Waals surface area contributed by atoms with Crippen molar-refractivity contribution in [1.82, 2.24) is 4.90 Å². The molecule has 0 aromatic heterocycles. The van der Waals surface area contributed by atoms with Crippen molar-refractivity contribution in [3.05, 3.63) is 65.2 Å². The molecule has 1 fully saturated rings. The number of hydrogen-bond donors (Lipinski definition) is 0. The number of alkyl halides is 3. The Morgan fingerprint density at radius 2 is 1.82 bits per heavy atom. The number of nitriles is 1. The fraction of sp³-hybridized carbons (Fsp3) is 0.409. The maximum absolute atomic E-state index is 13.4. The number of rotatable bonds is 4. The molecule has 0 amide bonds. The predicted octanol–water partition coefficient (Wildman–Crippen LogP) is 4.92. The van der Waals surface area contributed by atoms with Crippen LogP contribution < -0.4 is 4.90 Å². The van der Waals surface area contributed by atoms with Gasteiger partial charge in [0.25, 0.3) is 0 Å². The van der Waals surface area contributed by atoms with Crippen LogP contribution in [0.1, 0.15) is 30.5 Å². The average Bonchev–Trinajstić information content (AvgIpc) is 2.67. The second-order valence-electron chi connectivity index (χ2n) is 7.56. The van der Waals surface area contributed by atoms with E-state index in [0.717, 1.165) is 25.7 Å². The Morgan fingerprint density at radius 1 is 1.11 bits per heavy atom. The second-order valence-corrected chi connectivity index (χ2v) is 7.56. The van der Waals surface area contributed by atoms with Gasteiger partial charge in [-0.3, -0.25) is 4.90 Å². The van der Waals surface area contributed by atoms with E-state index >= 15 is 0 Å². The molecule has 1 heterocycles. The summed E-state index contributed by atoms with van der Waals surface area (Å²) in [5.74, 6) is 0.281. The first-order valence-electron chi connectivity index (χ1n) is 9.44. The van der Waals surface area contributed by atoms with E-state index in [1.807, 2.05) is 18.2 Å². The van der Waals surface area contributed by atoms with Gasteiger partial charge in [0, 0.05) is 37.9 Å². The van der Waals surface area contributed by atoms with Crippen LogP contribution in [0, 0.1) is 17.2 Å². The Bertz CT molecular complexity index is 840. The minimum absolute atomic E-state index is 0.103. The minimum Gasteiger partial charge on any atom is -0.366 e.